The van der Waals surface area contributed by atoms with Crippen LogP contribution in [-0.4, -0.2) is 0 Å². The second-order valence-corrected chi connectivity index (χ2v) is 4.52. The lowest BCUT2D eigenvalue weighted by atomic mass is 10.2. The number of ether oxygens (including phenoxy) is 1. The second kappa shape index (κ2) is 5.77. The molecule has 0 aromatic heterocycles. The molecule has 4 heteroatoms. The van der Waals surface area contributed by atoms with Gasteiger partial charge in [0.1, 0.15) is 12.4 Å². The molecule has 2 rings (SSSR count). The van der Waals surface area contributed by atoms with E-state index in [9.17, 15) is 0 Å². The number of hydrogen-bond acceptors (Lipinski definition) is 2. The molecule has 0 amide bonds. The Morgan fingerprint density at radius 1 is 1.11 bits per heavy atom. The number of hydrogen-bond donors (Lipinski definition) is 0. The smallest absolute Gasteiger partial charge is 0.138 e. The van der Waals surface area contributed by atoms with Crippen LogP contribution in [0.25, 0.3) is 0 Å². The quantitative estimate of drug-likeness (QED) is 0.831. The Bertz CT molecular complexity index is 605. The molecule has 2 aromatic carbocycles. The fourth-order valence-electron chi connectivity index (χ4n) is 1.48. The van der Waals surface area contributed by atoms with Crippen molar-refractivity contribution in [2.45, 2.75) is 6.61 Å². The van der Waals surface area contributed by atoms with Gasteiger partial charge in [0.25, 0.3) is 0 Å². The normalized spacial score (nSPS) is 9.83. The Hall–Kier alpha value is -1.69. The van der Waals surface area contributed by atoms with Gasteiger partial charge in [-0.3, -0.25) is 0 Å². The zero-order valence-electron chi connectivity index (χ0n) is 9.36. The Kier molecular flexibility index (Phi) is 4.09. The highest BCUT2D eigenvalue weighted by Gasteiger charge is 2.03. The molecule has 2 nitrogen and oxygen atoms in total. The van der Waals surface area contributed by atoms with Crippen molar-refractivity contribution in [3.05, 3.63) is 63.6 Å². The molecule has 0 aliphatic rings. The van der Waals surface area contributed by atoms with E-state index in [0.717, 1.165) is 5.56 Å². The van der Waals surface area contributed by atoms with E-state index in [1.807, 2.05) is 24.3 Å². The van der Waals surface area contributed by atoms with E-state index in [0.29, 0.717) is 28.0 Å². The Balaban J connectivity index is 2.09. The zero-order valence-corrected chi connectivity index (χ0v) is 10.9. The van der Waals surface area contributed by atoms with Crippen molar-refractivity contribution in [2.75, 3.05) is 0 Å². The molecule has 0 aliphatic heterocycles. The van der Waals surface area contributed by atoms with Crippen LogP contribution in [0, 0.1) is 11.3 Å². The van der Waals surface area contributed by atoms with Crippen LogP contribution in [0.15, 0.2) is 42.5 Å². The first-order valence-electron chi connectivity index (χ1n) is 5.26. The maximum absolute atomic E-state index is 8.73. The van der Waals surface area contributed by atoms with Crippen LogP contribution in [0.4, 0.5) is 0 Å². The van der Waals surface area contributed by atoms with Crippen LogP contribution in [0.1, 0.15) is 11.1 Å². The second-order valence-electron chi connectivity index (χ2n) is 3.68. The highest BCUT2D eigenvalue weighted by molar-refractivity contribution is 6.32. The van der Waals surface area contributed by atoms with Gasteiger partial charge in [0.15, 0.2) is 0 Å². The van der Waals surface area contributed by atoms with E-state index in [4.69, 9.17) is 33.2 Å². The van der Waals surface area contributed by atoms with Crippen LogP contribution >= 0.6 is 23.2 Å². The van der Waals surface area contributed by atoms with Gasteiger partial charge >= 0.3 is 0 Å². The summed E-state index contributed by atoms with van der Waals surface area (Å²) in [5.41, 5.74) is 1.47. The molecule has 0 saturated carbocycles. The van der Waals surface area contributed by atoms with Gasteiger partial charge in [-0.15, -0.1) is 0 Å². The Morgan fingerprint density at radius 2 is 1.94 bits per heavy atom. The van der Waals surface area contributed by atoms with E-state index in [1.54, 1.807) is 24.3 Å². The van der Waals surface area contributed by atoms with Gasteiger partial charge in [-0.25, -0.2) is 0 Å². The van der Waals surface area contributed by atoms with Gasteiger partial charge in [-0.05, 0) is 35.9 Å². The topological polar surface area (TPSA) is 33.0 Å². The Morgan fingerprint density at radius 3 is 2.61 bits per heavy atom. The molecule has 18 heavy (non-hydrogen) atoms. The summed E-state index contributed by atoms with van der Waals surface area (Å²) in [7, 11) is 0. The van der Waals surface area contributed by atoms with E-state index >= 15 is 0 Å². The SMILES string of the molecule is N#Cc1ccc(OCc2cccc(Cl)c2)c(Cl)c1. The molecule has 0 bridgehead atoms. The maximum atomic E-state index is 8.73. The third-order valence-corrected chi connectivity index (χ3v) is 2.87. The van der Waals surface area contributed by atoms with E-state index < -0.39 is 0 Å². The summed E-state index contributed by atoms with van der Waals surface area (Å²) in [6, 6.07) is 14.4. The summed E-state index contributed by atoms with van der Waals surface area (Å²) < 4.78 is 5.58. The Labute approximate surface area is 115 Å². The molecule has 0 saturated heterocycles. The number of nitrogens with zero attached hydrogens (tertiary/aromatic N) is 1. The van der Waals surface area contributed by atoms with Gasteiger partial charge in [0, 0.05) is 5.02 Å². The summed E-state index contributed by atoms with van der Waals surface area (Å²) in [5, 5.41) is 9.82. The van der Waals surface area contributed by atoms with Crippen molar-refractivity contribution in [2.24, 2.45) is 0 Å². The van der Waals surface area contributed by atoms with E-state index in [1.165, 1.54) is 0 Å². The lowest BCUT2D eigenvalue weighted by Crippen LogP contribution is -1.96. The van der Waals surface area contributed by atoms with Crippen LogP contribution in [0.3, 0.4) is 0 Å². The molecule has 0 aliphatic carbocycles. The van der Waals surface area contributed by atoms with Crippen molar-refractivity contribution in [1.82, 2.24) is 0 Å². The van der Waals surface area contributed by atoms with Gasteiger partial charge in [-0.1, -0.05) is 35.3 Å². The molecule has 2 aromatic rings. The molecule has 0 atom stereocenters. The summed E-state index contributed by atoms with van der Waals surface area (Å²) in [5.74, 6) is 0.552. The first-order chi connectivity index (χ1) is 8.69. The molecule has 0 heterocycles. The fraction of sp³-hybridized carbons (Fsp3) is 0.0714. The minimum Gasteiger partial charge on any atom is -0.487 e. The average molecular weight is 278 g/mol. The average Bonchev–Trinajstić information content (AvgIpc) is 2.37. The monoisotopic (exact) mass is 277 g/mol. The number of rotatable bonds is 3. The van der Waals surface area contributed by atoms with Crippen molar-refractivity contribution in [3.63, 3.8) is 0 Å². The van der Waals surface area contributed by atoms with Gasteiger partial charge < -0.3 is 4.74 Å². The molecule has 0 radical (unpaired) electrons. The van der Waals surface area contributed by atoms with Crippen LogP contribution < -0.4 is 4.74 Å². The standard InChI is InChI=1S/C14H9Cl2NO/c15-12-3-1-2-11(6-12)9-18-14-5-4-10(8-17)7-13(14)16/h1-7H,9H2. The zero-order chi connectivity index (χ0) is 13.0. The molecule has 0 spiro atoms. The summed E-state index contributed by atoms with van der Waals surface area (Å²) in [6.45, 7) is 0.381. The highest BCUT2D eigenvalue weighted by Crippen LogP contribution is 2.26. The van der Waals surface area contributed by atoms with Crippen LogP contribution in [-0.2, 0) is 6.61 Å². The van der Waals surface area contributed by atoms with Crippen molar-refractivity contribution >= 4 is 23.2 Å². The van der Waals surface area contributed by atoms with E-state index in [-0.39, 0.29) is 0 Å². The number of halogens is 2. The predicted molar refractivity (Wildman–Crippen MR) is 72.0 cm³/mol. The third kappa shape index (κ3) is 3.16. The summed E-state index contributed by atoms with van der Waals surface area (Å²) in [4.78, 5) is 0. The van der Waals surface area contributed by atoms with Crippen LogP contribution in [0.2, 0.25) is 10.0 Å². The van der Waals surface area contributed by atoms with Gasteiger partial charge in [0.2, 0.25) is 0 Å². The molecule has 0 unspecified atom stereocenters. The summed E-state index contributed by atoms with van der Waals surface area (Å²) in [6.07, 6.45) is 0. The maximum Gasteiger partial charge on any atom is 0.138 e. The molecular formula is C14H9Cl2NO. The minimum atomic E-state index is 0.381. The van der Waals surface area contributed by atoms with Gasteiger partial charge in [0.05, 0.1) is 16.7 Å². The highest BCUT2D eigenvalue weighted by atomic mass is 35.5. The van der Waals surface area contributed by atoms with E-state index in [2.05, 4.69) is 0 Å². The third-order valence-electron chi connectivity index (χ3n) is 2.34. The molecular weight excluding hydrogens is 269 g/mol. The van der Waals surface area contributed by atoms with Crippen molar-refractivity contribution in [1.29, 1.82) is 5.26 Å². The van der Waals surface area contributed by atoms with Gasteiger partial charge in [-0.2, -0.15) is 5.26 Å². The van der Waals surface area contributed by atoms with Crippen molar-refractivity contribution in [3.8, 4) is 11.8 Å². The molecule has 0 N–H and O–H groups in total. The number of nitriles is 1. The molecule has 0 fully saturated rings. The first-order valence-corrected chi connectivity index (χ1v) is 6.01. The molecule has 90 valence electrons. The summed E-state index contributed by atoms with van der Waals surface area (Å²) >= 11 is 11.9. The van der Waals surface area contributed by atoms with Crippen molar-refractivity contribution < 1.29 is 4.74 Å². The first kappa shape index (κ1) is 12.8. The van der Waals surface area contributed by atoms with Crippen LogP contribution in [0.5, 0.6) is 5.75 Å². The fourth-order valence-corrected chi connectivity index (χ4v) is 1.92. The largest absolute Gasteiger partial charge is 0.487 e. The lowest BCUT2D eigenvalue weighted by molar-refractivity contribution is 0.306. The number of benzene rings is 2. The predicted octanol–water partition coefficient (Wildman–Crippen LogP) is 4.44. The minimum absolute atomic E-state index is 0.381. The lowest BCUT2D eigenvalue weighted by Gasteiger charge is -2.08.